The van der Waals surface area contributed by atoms with Crippen LogP contribution in [0.4, 0.5) is 0 Å². The Hall–Kier alpha value is -3.14. The van der Waals surface area contributed by atoms with Crippen LogP contribution in [0.15, 0.2) is 66.7 Å². The van der Waals surface area contributed by atoms with Gasteiger partial charge >= 0.3 is 0 Å². The molecule has 0 amide bonds. The fourth-order valence-corrected chi connectivity index (χ4v) is 4.70. The number of hydrogen-bond acceptors (Lipinski definition) is 3. The van der Waals surface area contributed by atoms with Crippen LogP contribution in [-0.2, 0) is 10.8 Å². The number of unbranched alkanes of at least 4 members (excludes halogenated alkanes) is 2. The standard InChI is InChI=1S/C29H35N3O/c1-6-7-10-19-28(2,3)23-15-12-16-24(27(23)33)29(4,5)21-13-11-14-22(20-21)32-30-25-17-8-9-18-26(25)31-32/h8-9,11-18,20,33H,6-7,10,19H2,1-5H3. The summed E-state index contributed by atoms with van der Waals surface area (Å²) >= 11 is 0. The molecule has 4 heteroatoms. The van der Waals surface area contributed by atoms with Crippen LogP contribution < -0.4 is 0 Å². The molecule has 0 bridgehead atoms. The molecule has 4 nitrogen and oxygen atoms in total. The zero-order chi connectivity index (χ0) is 23.6. The van der Waals surface area contributed by atoms with E-state index in [1.165, 1.54) is 19.3 Å². The molecule has 0 aliphatic rings. The Morgan fingerprint density at radius 1 is 0.788 bits per heavy atom. The highest BCUT2D eigenvalue weighted by atomic mass is 16.3. The van der Waals surface area contributed by atoms with Gasteiger partial charge in [-0.25, -0.2) is 0 Å². The largest absolute Gasteiger partial charge is 0.507 e. The summed E-state index contributed by atoms with van der Waals surface area (Å²) in [5, 5.41) is 20.7. The lowest BCUT2D eigenvalue weighted by Crippen LogP contribution is -2.23. The highest BCUT2D eigenvalue weighted by Gasteiger charge is 2.31. The van der Waals surface area contributed by atoms with Crippen molar-refractivity contribution < 1.29 is 5.11 Å². The molecule has 0 radical (unpaired) electrons. The van der Waals surface area contributed by atoms with Crippen molar-refractivity contribution in [2.45, 2.75) is 71.1 Å². The van der Waals surface area contributed by atoms with E-state index in [1.54, 1.807) is 4.80 Å². The maximum Gasteiger partial charge on any atom is 0.123 e. The minimum atomic E-state index is -0.387. The molecular weight excluding hydrogens is 406 g/mol. The monoisotopic (exact) mass is 441 g/mol. The van der Waals surface area contributed by atoms with Gasteiger partial charge in [-0.3, -0.25) is 0 Å². The molecule has 0 aliphatic carbocycles. The summed E-state index contributed by atoms with van der Waals surface area (Å²) in [5.74, 6) is 0.414. The van der Waals surface area contributed by atoms with Gasteiger partial charge < -0.3 is 5.11 Å². The molecule has 1 heterocycles. The number of phenols is 1. The van der Waals surface area contributed by atoms with E-state index in [-0.39, 0.29) is 10.8 Å². The minimum absolute atomic E-state index is 0.0771. The summed E-state index contributed by atoms with van der Waals surface area (Å²) in [5.41, 5.74) is 5.27. The van der Waals surface area contributed by atoms with Gasteiger partial charge in [0.2, 0.25) is 0 Å². The summed E-state index contributed by atoms with van der Waals surface area (Å²) in [4.78, 5) is 1.69. The molecule has 172 valence electrons. The van der Waals surface area contributed by atoms with Gasteiger partial charge in [-0.1, -0.05) is 96.3 Å². The van der Waals surface area contributed by atoms with E-state index >= 15 is 0 Å². The zero-order valence-electron chi connectivity index (χ0n) is 20.5. The van der Waals surface area contributed by atoms with Crippen LogP contribution in [0.2, 0.25) is 0 Å². The van der Waals surface area contributed by atoms with Crippen LogP contribution in [0.25, 0.3) is 16.7 Å². The summed E-state index contributed by atoms with van der Waals surface area (Å²) in [6, 6.07) is 22.4. The number of benzene rings is 3. The van der Waals surface area contributed by atoms with Crippen molar-refractivity contribution in [3.8, 4) is 11.4 Å². The number of fused-ring (bicyclic) bond motifs is 1. The zero-order valence-corrected chi connectivity index (χ0v) is 20.5. The Labute approximate surface area is 197 Å². The summed E-state index contributed by atoms with van der Waals surface area (Å²) in [7, 11) is 0. The highest BCUT2D eigenvalue weighted by Crippen LogP contribution is 2.43. The van der Waals surface area contributed by atoms with Crippen molar-refractivity contribution >= 4 is 11.0 Å². The van der Waals surface area contributed by atoms with E-state index in [1.807, 2.05) is 42.5 Å². The molecule has 0 fully saturated rings. The molecule has 0 unspecified atom stereocenters. The van der Waals surface area contributed by atoms with Gasteiger partial charge in [-0.15, -0.1) is 10.2 Å². The van der Waals surface area contributed by atoms with Gasteiger partial charge in [-0.2, -0.15) is 4.80 Å². The predicted octanol–water partition coefficient (Wildman–Crippen LogP) is 7.31. The van der Waals surface area contributed by atoms with Gasteiger partial charge in [0.15, 0.2) is 0 Å². The third kappa shape index (κ3) is 4.52. The third-order valence-corrected chi connectivity index (χ3v) is 6.93. The van der Waals surface area contributed by atoms with E-state index < -0.39 is 0 Å². The number of hydrogen-bond donors (Lipinski definition) is 1. The van der Waals surface area contributed by atoms with E-state index in [9.17, 15) is 5.11 Å². The summed E-state index contributed by atoms with van der Waals surface area (Å²) < 4.78 is 0. The van der Waals surface area contributed by atoms with Crippen LogP contribution in [0.1, 0.15) is 77.0 Å². The first kappa shape index (κ1) is 23.0. The van der Waals surface area contributed by atoms with Crippen molar-refractivity contribution in [1.29, 1.82) is 0 Å². The number of rotatable bonds is 8. The first-order chi connectivity index (χ1) is 15.7. The summed E-state index contributed by atoms with van der Waals surface area (Å²) in [6.45, 7) is 11.0. The van der Waals surface area contributed by atoms with Gasteiger partial charge in [0, 0.05) is 11.0 Å². The van der Waals surface area contributed by atoms with Crippen molar-refractivity contribution in [1.82, 2.24) is 15.0 Å². The Morgan fingerprint density at radius 3 is 2.09 bits per heavy atom. The lowest BCUT2D eigenvalue weighted by molar-refractivity contribution is 0.398. The Morgan fingerprint density at radius 2 is 1.42 bits per heavy atom. The summed E-state index contributed by atoms with van der Waals surface area (Å²) in [6.07, 6.45) is 4.65. The number of phenolic OH excluding ortho intramolecular Hbond substituents is 1. The first-order valence-electron chi connectivity index (χ1n) is 12.0. The fraction of sp³-hybridized carbons (Fsp3) is 0.379. The topological polar surface area (TPSA) is 50.9 Å². The quantitative estimate of drug-likeness (QED) is 0.292. The molecule has 0 aliphatic heterocycles. The molecule has 0 saturated heterocycles. The molecule has 4 aromatic rings. The number of nitrogens with zero attached hydrogens (tertiary/aromatic N) is 3. The van der Waals surface area contributed by atoms with Crippen LogP contribution in [0, 0.1) is 0 Å². The maximum atomic E-state index is 11.4. The average molecular weight is 442 g/mol. The molecule has 0 spiro atoms. The van der Waals surface area contributed by atoms with Crippen molar-refractivity contribution in [3.05, 3.63) is 83.4 Å². The highest BCUT2D eigenvalue weighted by molar-refractivity contribution is 5.73. The average Bonchev–Trinajstić information content (AvgIpc) is 3.23. The van der Waals surface area contributed by atoms with Crippen LogP contribution in [0.3, 0.4) is 0 Å². The Bertz CT molecular complexity index is 1220. The van der Waals surface area contributed by atoms with Crippen molar-refractivity contribution in [2.24, 2.45) is 0 Å². The second-order valence-corrected chi connectivity index (χ2v) is 10.2. The van der Waals surface area contributed by atoms with Crippen LogP contribution in [0.5, 0.6) is 5.75 Å². The predicted molar refractivity (Wildman–Crippen MR) is 136 cm³/mol. The molecule has 4 rings (SSSR count). The molecule has 1 aromatic heterocycles. The molecule has 0 saturated carbocycles. The smallest absolute Gasteiger partial charge is 0.123 e. The lowest BCUT2D eigenvalue weighted by Gasteiger charge is -2.32. The van der Waals surface area contributed by atoms with Crippen LogP contribution >= 0.6 is 0 Å². The second kappa shape index (κ2) is 9.01. The van der Waals surface area contributed by atoms with E-state index in [2.05, 4.69) is 69.1 Å². The minimum Gasteiger partial charge on any atom is -0.507 e. The second-order valence-electron chi connectivity index (χ2n) is 10.2. The number of para-hydroxylation sites is 1. The van der Waals surface area contributed by atoms with E-state index in [0.29, 0.717) is 5.75 Å². The van der Waals surface area contributed by atoms with Crippen molar-refractivity contribution in [3.63, 3.8) is 0 Å². The van der Waals surface area contributed by atoms with Gasteiger partial charge in [0.1, 0.15) is 16.8 Å². The normalized spacial score (nSPS) is 12.4. The molecule has 3 aromatic carbocycles. The number of aromatic hydroxyl groups is 1. The lowest BCUT2D eigenvalue weighted by atomic mass is 9.73. The van der Waals surface area contributed by atoms with E-state index in [0.717, 1.165) is 39.8 Å². The maximum absolute atomic E-state index is 11.4. The first-order valence-corrected chi connectivity index (χ1v) is 12.0. The fourth-order valence-electron chi connectivity index (χ4n) is 4.70. The molecule has 33 heavy (non-hydrogen) atoms. The van der Waals surface area contributed by atoms with Crippen LogP contribution in [-0.4, -0.2) is 20.1 Å². The molecular formula is C29H35N3O. The SMILES string of the molecule is CCCCCC(C)(C)c1cccc(C(C)(C)c2cccc(-n3nc4ccccc4n3)c2)c1O. The molecule has 0 atom stereocenters. The third-order valence-electron chi connectivity index (χ3n) is 6.93. The Kier molecular flexibility index (Phi) is 6.29. The van der Waals surface area contributed by atoms with E-state index in [4.69, 9.17) is 0 Å². The number of aromatic nitrogens is 3. The van der Waals surface area contributed by atoms with Gasteiger partial charge in [-0.05, 0) is 47.2 Å². The van der Waals surface area contributed by atoms with Gasteiger partial charge in [0.05, 0.1) is 5.69 Å². The Balaban J connectivity index is 1.71. The van der Waals surface area contributed by atoms with Gasteiger partial charge in [0.25, 0.3) is 0 Å². The van der Waals surface area contributed by atoms with Crippen molar-refractivity contribution in [2.75, 3.05) is 0 Å². The molecule has 1 N–H and O–H groups in total.